The Morgan fingerprint density at radius 1 is 0.683 bits per heavy atom. The minimum Gasteiger partial charge on any atom is -0.456 e. The largest absolute Gasteiger partial charge is 0.456 e. The number of hydrogen-bond donors (Lipinski definition) is 0. The van der Waals surface area contributed by atoms with Gasteiger partial charge in [-0.25, -0.2) is 0 Å². The summed E-state index contributed by atoms with van der Waals surface area (Å²) in [6, 6.07) is 0.846. The first-order chi connectivity index (χ1) is 19.4. The second-order valence-corrected chi connectivity index (χ2v) is 16.7. The van der Waals surface area contributed by atoms with Gasteiger partial charge >= 0.3 is 11.9 Å². The molecule has 0 bridgehead atoms. The third-order valence-electron chi connectivity index (χ3n) is 14.5. The number of carbonyl (C=O) groups excluding carboxylic acids is 2. The molecule has 6 heteroatoms. The Morgan fingerprint density at radius 3 is 1.85 bits per heavy atom. The number of ether oxygens (including phenoxy) is 2. The number of quaternary nitrogens is 2. The summed E-state index contributed by atoms with van der Waals surface area (Å²) in [5, 5.41) is 0. The van der Waals surface area contributed by atoms with Crippen LogP contribution in [0.2, 0.25) is 0 Å². The van der Waals surface area contributed by atoms with Crippen molar-refractivity contribution in [2.24, 2.45) is 34.5 Å². The number of rotatable bonds is 4. The normalized spacial score (nSPS) is 46.9. The number of likely N-dealkylation sites (N-methyl/N-ethyl adjacent to an activating group) is 2. The molecule has 6 fully saturated rings. The molecule has 2 saturated heterocycles. The van der Waals surface area contributed by atoms with E-state index in [9.17, 15) is 9.59 Å². The topological polar surface area (TPSA) is 52.6 Å². The maximum Gasteiger partial charge on any atom is 0.303 e. The number of hydrogen-bond acceptors (Lipinski definition) is 4. The molecule has 0 spiro atoms. The molecular formula is C35H60N2O4+2. The molecule has 6 rings (SSSR count). The summed E-state index contributed by atoms with van der Waals surface area (Å²) in [4.78, 5) is 24.8. The molecule has 0 radical (unpaired) electrons. The molecule has 0 aromatic rings. The predicted molar refractivity (Wildman–Crippen MR) is 161 cm³/mol. The minimum absolute atomic E-state index is 0.0462. The summed E-state index contributed by atoms with van der Waals surface area (Å²) in [6.07, 6.45) is 16.4. The quantitative estimate of drug-likeness (QED) is 0.301. The highest BCUT2D eigenvalue weighted by atomic mass is 16.5. The van der Waals surface area contributed by atoms with Crippen molar-refractivity contribution < 1.29 is 28.0 Å². The fourth-order valence-electron chi connectivity index (χ4n) is 12.3. The lowest BCUT2D eigenvalue weighted by Crippen LogP contribution is -2.66. The van der Waals surface area contributed by atoms with Crippen LogP contribution in [0.1, 0.15) is 111 Å². The summed E-state index contributed by atoms with van der Waals surface area (Å²) < 4.78 is 14.7. The number of carbonyl (C=O) groups is 2. The van der Waals surface area contributed by atoms with E-state index in [-0.39, 0.29) is 29.6 Å². The molecule has 10 atom stereocenters. The minimum atomic E-state index is -0.0998. The number of esters is 2. The molecule has 2 heterocycles. The zero-order valence-electron chi connectivity index (χ0n) is 27.2. The zero-order valence-corrected chi connectivity index (χ0v) is 27.2. The Kier molecular flexibility index (Phi) is 7.87. The lowest BCUT2D eigenvalue weighted by atomic mass is 9.44. The second kappa shape index (κ2) is 10.8. The van der Waals surface area contributed by atoms with Crippen LogP contribution in [0, 0.1) is 34.5 Å². The van der Waals surface area contributed by atoms with E-state index in [0.717, 1.165) is 21.3 Å². The highest BCUT2D eigenvalue weighted by Gasteiger charge is 2.68. The highest BCUT2D eigenvalue weighted by Crippen LogP contribution is 2.68. The Balaban J connectivity index is 1.31. The van der Waals surface area contributed by atoms with E-state index in [0.29, 0.717) is 35.3 Å². The molecule has 2 aliphatic heterocycles. The molecule has 0 unspecified atom stereocenters. The number of likely N-dealkylation sites (tertiary alicyclic amines) is 2. The first-order valence-corrected chi connectivity index (χ1v) is 17.4. The SMILES string of the molecule is CC(=O)O[C@H]1C[C@H]2CC[C@@H]3[C@H](CC[C@@]4(C)[C@H]3C[C@H]([N+]3(C)CCCCC3)[C@@H]4OC(C)=O)[C@@]2(C)C[C@@H]1[N+]1(C)CCCCC1. The van der Waals surface area contributed by atoms with Crippen LogP contribution < -0.4 is 0 Å². The fourth-order valence-corrected chi connectivity index (χ4v) is 12.3. The molecule has 232 valence electrons. The van der Waals surface area contributed by atoms with Gasteiger partial charge in [-0.3, -0.25) is 9.59 Å². The third-order valence-corrected chi connectivity index (χ3v) is 14.5. The molecule has 6 aliphatic rings. The predicted octanol–water partition coefficient (Wildman–Crippen LogP) is 6.11. The Morgan fingerprint density at radius 2 is 1.27 bits per heavy atom. The summed E-state index contributed by atoms with van der Waals surface area (Å²) >= 11 is 0. The van der Waals surface area contributed by atoms with Crippen LogP contribution in [-0.4, -0.2) is 85.5 Å². The van der Waals surface area contributed by atoms with Gasteiger partial charge in [0.25, 0.3) is 0 Å². The number of nitrogens with zero attached hydrogens (tertiary/aromatic N) is 2. The van der Waals surface area contributed by atoms with Gasteiger partial charge in [0.15, 0.2) is 12.2 Å². The summed E-state index contributed by atoms with van der Waals surface area (Å²) in [5.74, 6) is 2.52. The van der Waals surface area contributed by atoms with Crippen molar-refractivity contribution in [1.82, 2.24) is 0 Å². The first-order valence-electron chi connectivity index (χ1n) is 17.4. The fraction of sp³-hybridized carbons (Fsp3) is 0.943. The summed E-state index contributed by atoms with van der Waals surface area (Å²) in [5.41, 5.74) is 0.377. The van der Waals surface area contributed by atoms with Crippen LogP contribution in [-0.2, 0) is 19.1 Å². The number of piperidine rings is 2. The molecule has 6 nitrogen and oxygen atoms in total. The standard InChI is InChI=1S/C35H60N2O4/c1-24(38)40-32-21-26-13-14-27-28(35(26,4)23-31(32)37(6)19-11-8-12-20-37)15-16-34(3)29(27)22-30(33(34)41-25(2)39)36(5)17-9-7-10-18-36/h26-33H,7-23H2,1-6H3/q+2/t26-,27-,28+,29+,30+,31+,32+,33+,34+,35+/m1/s1. The molecule has 0 amide bonds. The average Bonchev–Trinajstić information content (AvgIpc) is 3.21. The van der Waals surface area contributed by atoms with Crippen LogP contribution in [0.5, 0.6) is 0 Å². The molecule has 0 N–H and O–H groups in total. The molecule has 4 aliphatic carbocycles. The van der Waals surface area contributed by atoms with Gasteiger partial charge in [-0.05, 0) is 99.7 Å². The van der Waals surface area contributed by atoms with Crippen molar-refractivity contribution in [1.29, 1.82) is 0 Å². The highest BCUT2D eigenvalue weighted by molar-refractivity contribution is 5.66. The molecule has 41 heavy (non-hydrogen) atoms. The van der Waals surface area contributed by atoms with Crippen molar-refractivity contribution in [3.05, 3.63) is 0 Å². The van der Waals surface area contributed by atoms with Crippen molar-refractivity contribution in [2.45, 2.75) is 135 Å². The van der Waals surface area contributed by atoms with E-state index in [1.807, 2.05) is 0 Å². The van der Waals surface area contributed by atoms with E-state index in [1.165, 1.54) is 103 Å². The van der Waals surface area contributed by atoms with E-state index in [4.69, 9.17) is 9.47 Å². The van der Waals surface area contributed by atoms with Gasteiger partial charge in [-0.1, -0.05) is 13.8 Å². The maximum absolute atomic E-state index is 12.5. The van der Waals surface area contributed by atoms with Crippen molar-refractivity contribution in [3.63, 3.8) is 0 Å². The van der Waals surface area contributed by atoms with Crippen LogP contribution in [0.3, 0.4) is 0 Å². The maximum atomic E-state index is 12.5. The Labute approximate surface area is 250 Å². The van der Waals surface area contributed by atoms with Crippen molar-refractivity contribution >= 4 is 11.9 Å². The van der Waals surface area contributed by atoms with Crippen LogP contribution in [0.25, 0.3) is 0 Å². The van der Waals surface area contributed by atoms with Gasteiger partial charge in [0.05, 0.1) is 40.3 Å². The lowest BCUT2D eigenvalue weighted by molar-refractivity contribution is -0.943. The van der Waals surface area contributed by atoms with Crippen molar-refractivity contribution in [2.75, 3.05) is 40.3 Å². The van der Waals surface area contributed by atoms with E-state index in [1.54, 1.807) is 13.8 Å². The monoisotopic (exact) mass is 572 g/mol. The van der Waals surface area contributed by atoms with Gasteiger partial charge in [-0.2, -0.15) is 0 Å². The third kappa shape index (κ3) is 4.99. The van der Waals surface area contributed by atoms with Gasteiger partial charge in [0, 0.05) is 32.1 Å². The molecule has 4 saturated carbocycles. The van der Waals surface area contributed by atoms with Crippen LogP contribution in [0.4, 0.5) is 0 Å². The zero-order chi connectivity index (χ0) is 29.2. The van der Waals surface area contributed by atoms with Gasteiger partial charge in [-0.15, -0.1) is 0 Å². The summed E-state index contributed by atoms with van der Waals surface area (Å²) in [7, 11) is 4.94. The Hall–Kier alpha value is -1.14. The van der Waals surface area contributed by atoms with Gasteiger partial charge in [0.1, 0.15) is 12.1 Å². The summed E-state index contributed by atoms with van der Waals surface area (Å²) in [6.45, 7) is 13.3. The average molecular weight is 573 g/mol. The lowest BCUT2D eigenvalue weighted by Gasteiger charge is -2.63. The molecular weight excluding hydrogens is 512 g/mol. The van der Waals surface area contributed by atoms with Gasteiger partial charge < -0.3 is 18.4 Å². The van der Waals surface area contributed by atoms with Crippen LogP contribution >= 0.6 is 0 Å². The molecule has 0 aromatic carbocycles. The van der Waals surface area contributed by atoms with E-state index >= 15 is 0 Å². The van der Waals surface area contributed by atoms with E-state index < -0.39 is 0 Å². The van der Waals surface area contributed by atoms with Gasteiger partial charge in [0.2, 0.25) is 0 Å². The number of fused-ring (bicyclic) bond motifs is 5. The Bertz CT molecular complexity index is 1000. The van der Waals surface area contributed by atoms with E-state index in [2.05, 4.69) is 27.9 Å². The molecule has 0 aromatic heterocycles. The first kappa shape index (κ1) is 29.9. The van der Waals surface area contributed by atoms with Crippen molar-refractivity contribution in [3.8, 4) is 0 Å². The van der Waals surface area contributed by atoms with Crippen LogP contribution in [0.15, 0.2) is 0 Å². The second-order valence-electron chi connectivity index (χ2n) is 16.7. The smallest absolute Gasteiger partial charge is 0.303 e.